The molecule has 8 nitrogen and oxygen atoms in total. The molecule has 0 spiro atoms. The van der Waals surface area contributed by atoms with Crippen LogP contribution < -0.4 is 25.8 Å². The minimum atomic E-state index is -1.20. The van der Waals surface area contributed by atoms with E-state index in [1.165, 1.54) is 18.2 Å². The lowest BCUT2D eigenvalue weighted by Crippen LogP contribution is -2.41. The van der Waals surface area contributed by atoms with E-state index in [9.17, 15) is 19.6 Å². The second kappa shape index (κ2) is 9.80. The molecule has 1 aromatic heterocycles. The summed E-state index contributed by atoms with van der Waals surface area (Å²) in [5.74, 6) is -3.54. The van der Waals surface area contributed by atoms with Crippen LogP contribution in [-0.4, -0.2) is 23.6 Å². The van der Waals surface area contributed by atoms with Crippen LogP contribution in [0.1, 0.15) is 11.5 Å². The fraction of sp³-hybridized carbons (Fsp3) is 0.0714. The van der Waals surface area contributed by atoms with E-state index >= 15 is 4.39 Å². The highest BCUT2D eigenvalue weighted by atomic mass is 32.1. The van der Waals surface area contributed by atoms with E-state index in [-0.39, 0.29) is 31.7 Å². The maximum Gasteiger partial charge on any atom is 0.332 e. The second-order valence-electron chi connectivity index (χ2n) is 8.37. The molecular formula is C28H19FN4O4S. The minimum absolute atomic E-state index is 0.0428. The smallest absolute Gasteiger partial charge is 0.332 e. The predicted molar refractivity (Wildman–Crippen MR) is 142 cm³/mol. The van der Waals surface area contributed by atoms with E-state index < -0.39 is 29.2 Å². The zero-order chi connectivity index (χ0) is 27.0. The van der Waals surface area contributed by atoms with Gasteiger partial charge < -0.3 is 15.8 Å². The van der Waals surface area contributed by atoms with Crippen molar-refractivity contribution in [3.63, 3.8) is 0 Å². The Balaban J connectivity index is 1.79. The van der Waals surface area contributed by atoms with Crippen LogP contribution in [0, 0.1) is 17.1 Å². The highest BCUT2D eigenvalue weighted by Crippen LogP contribution is 2.37. The van der Waals surface area contributed by atoms with Crippen molar-refractivity contribution in [1.82, 2.24) is 4.57 Å². The molecule has 0 saturated heterocycles. The molecule has 10 heteroatoms. The van der Waals surface area contributed by atoms with Gasteiger partial charge in [0.2, 0.25) is 0 Å². The summed E-state index contributed by atoms with van der Waals surface area (Å²) < 4.78 is 20.7. The molecule has 0 fully saturated rings. The average molecular weight is 527 g/mol. The molecule has 0 saturated carbocycles. The molecule has 188 valence electrons. The van der Waals surface area contributed by atoms with E-state index in [0.29, 0.717) is 5.69 Å². The normalized spacial score (nSPS) is 15.2. The first kappa shape index (κ1) is 24.7. The monoisotopic (exact) mass is 526 g/mol. The third-order valence-corrected chi connectivity index (χ3v) is 7.30. The van der Waals surface area contributed by atoms with Crippen molar-refractivity contribution in [2.45, 2.75) is 5.92 Å². The summed E-state index contributed by atoms with van der Waals surface area (Å²) in [6, 6.07) is 20.6. The van der Waals surface area contributed by atoms with Crippen molar-refractivity contribution < 1.29 is 18.7 Å². The fourth-order valence-electron chi connectivity index (χ4n) is 4.42. The fourth-order valence-corrected chi connectivity index (χ4v) is 5.55. The van der Waals surface area contributed by atoms with Crippen LogP contribution in [0.15, 0.2) is 77.1 Å². The number of allylic oxidation sites excluding steroid dienone is 1. The number of nitrogens with two attached hydrogens (primary N) is 1. The molecule has 4 aromatic rings. The molecular weight excluding hydrogens is 507 g/mol. The van der Waals surface area contributed by atoms with Crippen molar-refractivity contribution in [3.05, 3.63) is 103 Å². The van der Waals surface area contributed by atoms with Gasteiger partial charge in [0, 0.05) is 17.3 Å². The number of ether oxygens (including phenoxy) is 1. The molecule has 3 N–H and O–H groups in total. The summed E-state index contributed by atoms with van der Waals surface area (Å²) in [4.78, 5) is 39.0. The molecule has 0 bridgehead atoms. The highest BCUT2D eigenvalue weighted by molar-refractivity contribution is 7.07. The number of anilines is 1. The number of benzene rings is 3. The van der Waals surface area contributed by atoms with Crippen molar-refractivity contribution in [3.8, 4) is 6.07 Å². The lowest BCUT2D eigenvalue weighted by atomic mass is 9.83. The van der Waals surface area contributed by atoms with Crippen molar-refractivity contribution in [2.24, 2.45) is 5.73 Å². The highest BCUT2D eigenvalue weighted by Gasteiger charge is 2.37. The van der Waals surface area contributed by atoms with Crippen molar-refractivity contribution >= 4 is 57.1 Å². The van der Waals surface area contributed by atoms with Crippen molar-refractivity contribution in [1.29, 1.82) is 5.26 Å². The molecule has 1 amide bonds. The topological polar surface area (TPSA) is 127 Å². The summed E-state index contributed by atoms with van der Waals surface area (Å²) in [6.07, 6.45) is 0.981. The molecule has 0 aliphatic carbocycles. The molecule has 2 heterocycles. The molecule has 1 aliphatic heterocycles. The zero-order valence-electron chi connectivity index (χ0n) is 19.9. The van der Waals surface area contributed by atoms with Gasteiger partial charge in [-0.1, -0.05) is 48.5 Å². The molecule has 3 aromatic carbocycles. The third-order valence-electron chi connectivity index (χ3n) is 6.19. The van der Waals surface area contributed by atoms with Gasteiger partial charge in [0.25, 0.3) is 11.5 Å². The molecule has 0 radical (unpaired) electrons. The Labute approximate surface area is 219 Å². The first-order valence-electron chi connectivity index (χ1n) is 11.3. The van der Waals surface area contributed by atoms with Crippen LogP contribution in [-0.2, 0) is 14.3 Å². The minimum Gasteiger partial charge on any atom is -0.466 e. The molecule has 5 rings (SSSR count). The molecule has 1 atom stereocenters. The van der Waals surface area contributed by atoms with E-state index in [1.807, 2.05) is 36.4 Å². The summed E-state index contributed by atoms with van der Waals surface area (Å²) >= 11 is 0.826. The van der Waals surface area contributed by atoms with Gasteiger partial charge in [0.1, 0.15) is 20.8 Å². The van der Waals surface area contributed by atoms with Gasteiger partial charge in [0.15, 0.2) is 0 Å². The Morgan fingerprint density at radius 2 is 1.84 bits per heavy atom. The number of carbonyl (C=O) groups is 2. The van der Waals surface area contributed by atoms with E-state index in [1.54, 1.807) is 18.2 Å². The van der Waals surface area contributed by atoms with E-state index in [2.05, 4.69) is 10.1 Å². The number of hydrogen-bond acceptors (Lipinski definition) is 7. The number of aromatic nitrogens is 1. The number of fused-ring (bicyclic) bond motifs is 2. The number of hydrogen-bond donors (Lipinski definition) is 2. The van der Waals surface area contributed by atoms with Crippen LogP contribution in [0.2, 0.25) is 0 Å². The number of nitrogens with one attached hydrogen (secondary N) is 1. The van der Waals surface area contributed by atoms with Gasteiger partial charge >= 0.3 is 5.97 Å². The summed E-state index contributed by atoms with van der Waals surface area (Å²) in [5, 5.41) is 14.7. The zero-order valence-corrected chi connectivity index (χ0v) is 20.7. The summed E-state index contributed by atoms with van der Waals surface area (Å²) in [7, 11) is 1.16. The van der Waals surface area contributed by atoms with Gasteiger partial charge in [-0.15, -0.1) is 11.3 Å². The Morgan fingerprint density at radius 1 is 1.13 bits per heavy atom. The number of thiazole rings is 1. The Morgan fingerprint density at radius 3 is 2.55 bits per heavy atom. The lowest BCUT2D eigenvalue weighted by molar-refractivity contribution is -0.133. The number of methoxy groups -OCH3 is 1. The number of carbonyl (C=O) groups excluding carboxylic acids is 2. The van der Waals surface area contributed by atoms with Gasteiger partial charge in [-0.05, 0) is 29.0 Å². The lowest BCUT2D eigenvalue weighted by Gasteiger charge is -2.25. The van der Waals surface area contributed by atoms with Gasteiger partial charge in [0.05, 0.1) is 30.2 Å². The number of halogens is 1. The average Bonchev–Trinajstić information content (AvgIpc) is 3.24. The first-order valence-corrected chi connectivity index (χ1v) is 12.2. The Hall–Kier alpha value is -5.01. The summed E-state index contributed by atoms with van der Waals surface area (Å²) in [6.45, 7) is 0. The maximum absolute atomic E-state index is 15.1. The number of amides is 1. The van der Waals surface area contributed by atoms with Crippen LogP contribution in [0.3, 0.4) is 0 Å². The van der Waals surface area contributed by atoms with Crippen molar-refractivity contribution in [2.75, 3.05) is 12.4 Å². The Bertz CT molecular complexity index is 1900. The standard InChI is InChI=1S/C28H19FN4O4S/c1-37-22(34)13-21-27(36)33-25(31)19(14-30)23(18-8-4-5-9-20(18)29)24(28(33)38-21)26(35)32-17-11-10-15-6-2-3-7-16(15)12-17/h2-13,23H,31H2,1H3,(H,32,35). The first-order chi connectivity index (χ1) is 18.3. The summed E-state index contributed by atoms with van der Waals surface area (Å²) in [5.41, 5.74) is 5.83. The number of nitriles is 1. The van der Waals surface area contributed by atoms with Crippen LogP contribution in [0.25, 0.3) is 28.2 Å². The number of esters is 1. The van der Waals surface area contributed by atoms with Gasteiger partial charge in [-0.25, -0.2) is 9.18 Å². The maximum atomic E-state index is 15.1. The SMILES string of the molecule is COC(=O)C=c1sc2n(c1=O)C(N)=C(C#N)C(c1ccccc1F)C=2C(=O)Nc1ccc2ccccc2c1. The quantitative estimate of drug-likeness (QED) is 0.393. The number of nitrogens with zero attached hydrogens (tertiary/aromatic N) is 2. The molecule has 1 unspecified atom stereocenters. The number of rotatable bonds is 4. The van der Waals surface area contributed by atoms with Crippen LogP contribution in [0.5, 0.6) is 0 Å². The van der Waals surface area contributed by atoms with Crippen LogP contribution in [0.4, 0.5) is 10.1 Å². The van der Waals surface area contributed by atoms with E-state index in [4.69, 9.17) is 5.73 Å². The van der Waals surface area contributed by atoms with Gasteiger partial charge in [-0.2, -0.15) is 5.26 Å². The van der Waals surface area contributed by atoms with Gasteiger partial charge in [-0.3, -0.25) is 14.2 Å². The third kappa shape index (κ3) is 4.15. The molecule has 1 aliphatic rings. The largest absolute Gasteiger partial charge is 0.466 e. The molecule has 38 heavy (non-hydrogen) atoms. The van der Waals surface area contributed by atoms with E-state index in [0.717, 1.165) is 39.9 Å². The Kier molecular flexibility index (Phi) is 6.36. The second-order valence-corrected chi connectivity index (χ2v) is 9.41. The predicted octanol–water partition coefficient (Wildman–Crippen LogP) is 2.39. The van der Waals surface area contributed by atoms with Crippen LogP contribution >= 0.6 is 11.3 Å².